The number of nitrogens with zero attached hydrogens (tertiary/aromatic N) is 1. The monoisotopic (exact) mass is 353 g/mol. The molecule has 1 aliphatic rings. The van der Waals surface area contributed by atoms with Crippen LogP contribution in [0.2, 0.25) is 0 Å². The number of allylic oxidation sites excluding steroid dienone is 1. The summed E-state index contributed by atoms with van der Waals surface area (Å²) in [5.41, 5.74) is 12.6. The molecule has 0 radical (unpaired) electrons. The highest BCUT2D eigenvalue weighted by molar-refractivity contribution is 7.90. The molecule has 0 bridgehead atoms. The van der Waals surface area contributed by atoms with Crippen LogP contribution in [0.5, 0.6) is 0 Å². The number of para-hydroxylation sites is 1. The van der Waals surface area contributed by atoms with Crippen LogP contribution < -0.4 is 16.4 Å². The minimum Gasteiger partial charge on any atom is -0.372 e. The first kappa shape index (κ1) is 20.4. The van der Waals surface area contributed by atoms with Gasteiger partial charge >= 0.3 is 0 Å². The van der Waals surface area contributed by atoms with Gasteiger partial charge in [-0.2, -0.15) is 8.42 Å². The number of anilines is 1. The summed E-state index contributed by atoms with van der Waals surface area (Å²) in [6, 6.07) is 8.53. The van der Waals surface area contributed by atoms with Crippen molar-refractivity contribution in [1.82, 2.24) is 0 Å². The molecule has 7 heteroatoms. The third-order valence-corrected chi connectivity index (χ3v) is 4.63. The van der Waals surface area contributed by atoms with E-state index in [0.717, 1.165) is 13.1 Å². The molecule has 6 nitrogen and oxygen atoms in total. The normalized spacial score (nSPS) is 16.0. The fourth-order valence-corrected chi connectivity index (χ4v) is 2.86. The maximum Gasteiger partial charge on any atom is 0.294 e. The Kier molecular flexibility index (Phi) is 7.16. The van der Waals surface area contributed by atoms with Crippen LogP contribution in [0.25, 0.3) is 0 Å². The van der Waals surface area contributed by atoms with Crippen LogP contribution in [0.4, 0.5) is 5.69 Å². The Morgan fingerprint density at radius 2 is 1.79 bits per heavy atom. The lowest BCUT2D eigenvalue weighted by molar-refractivity contribution is 0.490. The molecule has 0 fully saturated rings. The molecule has 0 saturated carbocycles. The van der Waals surface area contributed by atoms with Crippen LogP contribution in [-0.2, 0) is 10.1 Å². The smallest absolute Gasteiger partial charge is 0.294 e. The molecule has 0 saturated heterocycles. The molecule has 1 aromatic carbocycles. The molecule has 5 N–H and O–H groups in total. The van der Waals surface area contributed by atoms with E-state index < -0.39 is 15.8 Å². The van der Waals surface area contributed by atoms with Gasteiger partial charge in [0.05, 0.1) is 10.6 Å². The summed E-state index contributed by atoms with van der Waals surface area (Å²) < 4.78 is 29.7. The maximum atomic E-state index is 10.6. The number of hydrogen-bond acceptors (Lipinski definition) is 5. The second-order valence-corrected chi connectivity index (χ2v) is 7.11. The van der Waals surface area contributed by atoms with Crippen molar-refractivity contribution in [1.29, 1.82) is 0 Å². The zero-order valence-electron chi connectivity index (χ0n) is 14.4. The van der Waals surface area contributed by atoms with Gasteiger partial charge in [0, 0.05) is 25.2 Å². The van der Waals surface area contributed by atoms with Crippen molar-refractivity contribution < 1.29 is 13.0 Å². The third kappa shape index (κ3) is 6.09. The third-order valence-electron chi connectivity index (χ3n) is 3.73. The molecule has 24 heavy (non-hydrogen) atoms. The summed E-state index contributed by atoms with van der Waals surface area (Å²) in [4.78, 5) is 2.21. The number of aryl methyl sites for hydroxylation is 1. The topological polar surface area (TPSA) is 110 Å². The Labute approximate surface area is 144 Å². The fraction of sp³-hybridized carbons (Fsp3) is 0.412. The Morgan fingerprint density at radius 3 is 2.21 bits per heavy atom. The molecule has 1 aliphatic carbocycles. The van der Waals surface area contributed by atoms with E-state index in [1.165, 1.54) is 29.5 Å². The van der Waals surface area contributed by atoms with Crippen molar-refractivity contribution >= 4 is 15.8 Å². The van der Waals surface area contributed by atoms with Gasteiger partial charge < -0.3 is 16.4 Å². The largest absolute Gasteiger partial charge is 0.372 e. The second-order valence-electron chi connectivity index (χ2n) is 5.69. The summed E-state index contributed by atoms with van der Waals surface area (Å²) in [7, 11) is -4.11. The van der Waals surface area contributed by atoms with Gasteiger partial charge in [0.1, 0.15) is 0 Å². The first-order valence-corrected chi connectivity index (χ1v) is 9.30. The lowest BCUT2D eigenvalue weighted by Gasteiger charge is -2.22. The Bertz CT molecular complexity index is 706. The predicted molar refractivity (Wildman–Crippen MR) is 99.2 cm³/mol. The van der Waals surface area contributed by atoms with E-state index in [4.69, 9.17) is 16.0 Å². The summed E-state index contributed by atoms with van der Waals surface area (Å²) >= 11 is 0. The standard InChI is InChI=1S/C11H17N.C6H10N2O3S/c1-4-12(5-2)11-9-7-6-8-10(11)3;7-6(8)3-1-5(2-4-6)12(9,10)11/h6-9H,4-5H2,1-3H3;1-3H,4,7-8H2,(H,9,10,11). The lowest BCUT2D eigenvalue weighted by atomic mass is 10.0. The maximum absolute atomic E-state index is 10.6. The van der Waals surface area contributed by atoms with Gasteiger partial charge in [0.2, 0.25) is 0 Å². The first-order chi connectivity index (χ1) is 11.1. The van der Waals surface area contributed by atoms with Gasteiger partial charge in [-0.1, -0.05) is 24.3 Å². The van der Waals surface area contributed by atoms with Gasteiger partial charge in [-0.15, -0.1) is 0 Å². The molecule has 0 heterocycles. The highest BCUT2D eigenvalue weighted by atomic mass is 32.2. The van der Waals surface area contributed by atoms with E-state index in [0.29, 0.717) is 0 Å². The van der Waals surface area contributed by atoms with Gasteiger partial charge in [-0.05, 0) is 44.6 Å². The molecule has 0 unspecified atom stereocenters. The van der Waals surface area contributed by atoms with Crippen molar-refractivity contribution in [3.63, 3.8) is 0 Å². The van der Waals surface area contributed by atoms with Gasteiger partial charge in [0.25, 0.3) is 10.1 Å². The van der Waals surface area contributed by atoms with E-state index in [1.54, 1.807) is 0 Å². The molecule has 0 spiro atoms. The van der Waals surface area contributed by atoms with Crippen molar-refractivity contribution in [2.75, 3.05) is 18.0 Å². The summed E-state index contributed by atoms with van der Waals surface area (Å²) in [6.45, 7) is 8.71. The minimum absolute atomic E-state index is 0.158. The zero-order valence-corrected chi connectivity index (χ0v) is 15.3. The molecule has 0 atom stereocenters. The molecule has 1 aromatic rings. The number of hydrogen-bond donors (Lipinski definition) is 3. The highest BCUT2D eigenvalue weighted by Crippen LogP contribution is 2.18. The average Bonchev–Trinajstić information content (AvgIpc) is 2.49. The molecule has 134 valence electrons. The van der Waals surface area contributed by atoms with Crippen molar-refractivity contribution in [2.45, 2.75) is 32.9 Å². The van der Waals surface area contributed by atoms with Crippen molar-refractivity contribution in [3.8, 4) is 0 Å². The van der Waals surface area contributed by atoms with E-state index in [-0.39, 0.29) is 11.3 Å². The van der Waals surface area contributed by atoms with E-state index in [2.05, 4.69) is 49.9 Å². The molecule has 2 rings (SSSR count). The summed E-state index contributed by atoms with van der Waals surface area (Å²) in [5, 5.41) is 0. The van der Waals surface area contributed by atoms with Crippen LogP contribution in [0.3, 0.4) is 0 Å². The minimum atomic E-state index is -4.11. The van der Waals surface area contributed by atoms with Crippen LogP contribution >= 0.6 is 0 Å². The van der Waals surface area contributed by atoms with Crippen LogP contribution in [-0.4, -0.2) is 31.7 Å². The van der Waals surface area contributed by atoms with E-state index >= 15 is 0 Å². The zero-order chi connectivity index (χ0) is 18.4. The average molecular weight is 353 g/mol. The lowest BCUT2D eigenvalue weighted by Crippen LogP contribution is -2.47. The van der Waals surface area contributed by atoms with E-state index in [9.17, 15) is 8.42 Å². The summed E-state index contributed by atoms with van der Waals surface area (Å²) in [6.07, 6.45) is 4.02. The van der Waals surface area contributed by atoms with Gasteiger partial charge in [0.15, 0.2) is 0 Å². The molecule has 0 amide bonds. The fourth-order valence-electron chi connectivity index (χ4n) is 2.32. The molecular weight excluding hydrogens is 326 g/mol. The van der Waals surface area contributed by atoms with Gasteiger partial charge in [-0.3, -0.25) is 4.55 Å². The van der Waals surface area contributed by atoms with E-state index in [1.807, 2.05) is 0 Å². The van der Waals surface area contributed by atoms with Crippen LogP contribution in [0, 0.1) is 6.92 Å². The highest BCUT2D eigenvalue weighted by Gasteiger charge is 2.21. The molecule has 0 aromatic heterocycles. The van der Waals surface area contributed by atoms with Crippen molar-refractivity contribution in [3.05, 3.63) is 53.0 Å². The first-order valence-electron chi connectivity index (χ1n) is 7.86. The predicted octanol–water partition coefficient (Wildman–Crippen LogP) is 2.17. The Hall–Kier alpha value is -1.67. The second kappa shape index (κ2) is 8.43. The van der Waals surface area contributed by atoms with Gasteiger partial charge in [-0.25, -0.2) is 0 Å². The Morgan fingerprint density at radius 1 is 1.21 bits per heavy atom. The number of benzene rings is 1. The number of rotatable bonds is 4. The molecular formula is C17H27N3O3S. The SMILES string of the molecule is CCN(CC)c1ccccc1C.NC1(N)C=CC(S(=O)(=O)O)=CC1. The Balaban J connectivity index is 0.000000240. The quantitative estimate of drug-likeness (QED) is 0.565. The van der Waals surface area contributed by atoms with Crippen LogP contribution in [0.1, 0.15) is 25.8 Å². The number of nitrogens with two attached hydrogens (primary N) is 2. The van der Waals surface area contributed by atoms with Crippen molar-refractivity contribution in [2.24, 2.45) is 11.5 Å². The van der Waals surface area contributed by atoms with Crippen LogP contribution in [0.15, 0.2) is 47.4 Å². The molecule has 0 aliphatic heterocycles. The summed E-state index contributed by atoms with van der Waals surface area (Å²) in [5.74, 6) is 0.